The van der Waals surface area contributed by atoms with Crippen LogP contribution in [-0.4, -0.2) is 36.6 Å². The molecular formula is C15H20N2O. The van der Waals surface area contributed by atoms with Crippen LogP contribution in [0.5, 0.6) is 5.75 Å². The molecule has 1 aliphatic rings. The number of rotatable bonds is 3. The van der Waals surface area contributed by atoms with Crippen molar-refractivity contribution in [2.75, 3.05) is 20.7 Å². The Morgan fingerprint density at radius 3 is 3.17 bits per heavy atom. The van der Waals surface area contributed by atoms with Crippen molar-refractivity contribution in [3.05, 3.63) is 30.0 Å². The fraction of sp³-hybridized carbons (Fsp3) is 0.467. The minimum atomic E-state index is -1.37. The van der Waals surface area contributed by atoms with Gasteiger partial charge in [0.2, 0.25) is 0 Å². The minimum absolute atomic E-state index is 0.0623. The molecule has 0 spiro atoms. The molecule has 1 fully saturated rings. The first kappa shape index (κ1) is 9.45. The largest absolute Gasteiger partial charge is 0.497 e. The molecule has 1 aliphatic heterocycles. The van der Waals surface area contributed by atoms with Crippen LogP contribution in [0.1, 0.15) is 21.1 Å². The summed E-state index contributed by atoms with van der Waals surface area (Å²) in [6, 6.07) is 5.67. The van der Waals surface area contributed by atoms with E-state index in [0.717, 1.165) is 41.6 Å². The normalized spacial score (nSPS) is 23.1. The molecule has 1 atom stereocenters. The molecule has 0 saturated carbocycles. The number of methoxy groups -OCH3 is 1. The molecule has 0 aliphatic carbocycles. The van der Waals surface area contributed by atoms with E-state index in [1.54, 1.807) is 13.3 Å². The quantitative estimate of drug-likeness (QED) is 0.902. The Labute approximate surface area is 111 Å². The van der Waals surface area contributed by atoms with E-state index in [9.17, 15) is 0 Å². The number of likely N-dealkylation sites (tertiary alicyclic amines) is 1. The number of aromatic amines is 1. The van der Waals surface area contributed by atoms with E-state index in [-0.39, 0.29) is 6.04 Å². The summed E-state index contributed by atoms with van der Waals surface area (Å²) < 4.78 is 22.4. The lowest BCUT2D eigenvalue weighted by Gasteiger charge is -2.18. The highest BCUT2D eigenvalue weighted by Crippen LogP contribution is 2.27. The van der Waals surface area contributed by atoms with E-state index in [1.807, 2.05) is 25.2 Å². The van der Waals surface area contributed by atoms with Crippen molar-refractivity contribution in [3.63, 3.8) is 0 Å². The first-order valence-electron chi connectivity index (χ1n) is 7.40. The molecule has 3 heteroatoms. The maximum atomic E-state index is 8.59. The Morgan fingerprint density at radius 2 is 2.44 bits per heavy atom. The van der Waals surface area contributed by atoms with E-state index in [4.69, 9.17) is 7.48 Å². The smallest absolute Gasteiger partial charge is 0.119 e. The van der Waals surface area contributed by atoms with E-state index >= 15 is 0 Å². The van der Waals surface area contributed by atoms with Gasteiger partial charge in [0.1, 0.15) is 5.75 Å². The van der Waals surface area contributed by atoms with Gasteiger partial charge in [-0.15, -0.1) is 0 Å². The lowest BCUT2D eigenvalue weighted by Crippen LogP contribution is -2.26. The summed E-state index contributed by atoms with van der Waals surface area (Å²) >= 11 is 0. The molecule has 0 bridgehead atoms. The van der Waals surface area contributed by atoms with Crippen LogP contribution >= 0.6 is 0 Å². The van der Waals surface area contributed by atoms with Gasteiger partial charge in [0, 0.05) is 25.9 Å². The van der Waals surface area contributed by atoms with E-state index < -0.39 is 6.37 Å². The topological polar surface area (TPSA) is 28.3 Å². The van der Waals surface area contributed by atoms with Crippen molar-refractivity contribution in [2.24, 2.45) is 0 Å². The van der Waals surface area contributed by atoms with Crippen LogP contribution < -0.4 is 4.74 Å². The monoisotopic (exact) mass is 246 g/mol. The van der Waals surface area contributed by atoms with Crippen molar-refractivity contribution in [2.45, 2.75) is 25.3 Å². The van der Waals surface area contributed by atoms with Crippen molar-refractivity contribution in [1.82, 2.24) is 9.88 Å². The van der Waals surface area contributed by atoms with Crippen LogP contribution in [0.3, 0.4) is 0 Å². The van der Waals surface area contributed by atoms with Crippen LogP contribution in [0.25, 0.3) is 10.9 Å². The fourth-order valence-electron chi connectivity index (χ4n) is 2.62. The van der Waals surface area contributed by atoms with Crippen LogP contribution in [-0.2, 0) is 6.37 Å². The van der Waals surface area contributed by atoms with Gasteiger partial charge in [-0.05, 0) is 56.6 Å². The van der Waals surface area contributed by atoms with Crippen LogP contribution in [0.2, 0.25) is 0 Å². The summed E-state index contributed by atoms with van der Waals surface area (Å²) in [4.78, 5) is 5.29. The summed E-state index contributed by atoms with van der Waals surface area (Å²) in [6.07, 6.45) is 2.40. The molecule has 3 nitrogen and oxygen atoms in total. The molecule has 3 rings (SSSR count). The van der Waals surface area contributed by atoms with Crippen LogP contribution in [0, 0.1) is 0 Å². The molecule has 2 heterocycles. The van der Waals surface area contributed by atoms with Gasteiger partial charge in [-0.25, -0.2) is 0 Å². The molecule has 1 aromatic heterocycles. The highest BCUT2D eigenvalue weighted by Gasteiger charge is 2.22. The minimum Gasteiger partial charge on any atom is -0.497 e. The molecular weight excluding hydrogens is 224 g/mol. The van der Waals surface area contributed by atoms with Crippen LogP contribution in [0.4, 0.5) is 0 Å². The second kappa shape index (κ2) is 4.65. The van der Waals surface area contributed by atoms with E-state index in [1.165, 1.54) is 0 Å². The standard InChI is InChI=1S/C15H20N2O/c1-17-7-3-4-12(17)8-11-10-16-15-6-5-13(18-2)9-14(11)15/h5-6,9-10,12,16H,3-4,7-8H2,1-2H3/t12-/m0/s1/i8D2. The number of nitrogens with one attached hydrogen (secondary N) is 1. The third-order valence-corrected chi connectivity index (χ3v) is 3.73. The molecule has 18 heavy (non-hydrogen) atoms. The first-order valence-corrected chi connectivity index (χ1v) is 6.40. The number of likely N-dealkylation sites (N-methyl/N-ethyl adjacent to an activating group) is 1. The lowest BCUT2D eigenvalue weighted by atomic mass is 10.0. The summed E-state index contributed by atoms with van der Waals surface area (Å²) in [5.41, 5.74) is 1.68. The second-order valence-electron chi connectivity index (χ2n) is 4.90. The third kappa shape index (κ3) is 1.99. The zero-order valence-corrected chi connectivity index (χ0v) is 10.9. The molecule has 0 amide bonds. The summed E-state index contributed by atoms with van der Waals surface area (Å²) in [5.74, 6) is 0.758. The van der Waals surface area contributed by atoms with Crippen molar-refractivity contribution in [1.29, 1.82) is 0 Å². The van der Waals surface area contributed by atoms with Crippen LogP contribution in [0.15, 0.2) is 24.4 Å². The maximum absolute atomic E-state index is 8.59. The van der Waals surface area contributed by atoms with Gasteiger partial charge >= 0.3 is 0 Å². The number of hydrogen-bond acceptors (Lipinski definition) is 2. The maximum Gasteiger partial charge on any atom is 0.119 e. The number of hydrogen-bond donors (Lipinski definition) is 1. The predicted molar refractivity (Wildman–Crippen MR) is 74.2 cm³/mol. The van der Waals surface area contributed by atoms with Gasteiger partial charge in [0.15, 0.2) is 0 Å². The number of aromatic nitrogens is 1. The molecule has 0 radical (unpaired) electrons. The second-order valence-corrected chi connectivity index (χ2v) is 4.90. The lowest BCUT2D eigenvalue weighted by molar-refractivity contribution is 0.310. The fourth-order valence-corrected chi connectivity index (χ4v) is 2.62. The van der Waals surface area contributed by atoms with Gasteiger partial charge in [0.25, 0.3) is 0 Å². The molecule has 2 aromatic rings. The summed E-state index contributed by atoms with van der Waals surface area (Å²) in [6.45, 7) is 0.968. The Hall–Kier alpha value is -1.48. The van der Waals surface area contributed by atoms with Crippen molar-refractivity contribution >= 4 is 10.9 Å². The molecule has 1 N–H and O–H groups in total. The number of H-pyrrole nitrogens is 1. The molecule has 1 saturated heterocycles. The van der Waals surface area contributed by atoms with Gasteiger partial charge in [-0.3, -0.25) is 0 Å². The highest BCUT2D eigenvalue weighted by molar-refractivity contribution is 5.84. The average Bonchev–Trinajstić information content (AvgIpc) is 3.04. The number of fused-ring (bicyclic) bond motifs is 1. The highest BCUT2D eigenvalue weighted by atomic mass is 16.5. The number of ether oxygens (including phenoxy) is 1. The Balaban J connectivity index is 2.08. The number of nitrogens with zero attached hydrogens (tertiary/aromatic N) is 1. The van der Waals surface area contributed by atoms with E-state index in [2.05, 4.69) is 9.88 Å². The van der Waals surface area contributed by atoms with Gasteiger partial charge in [-0.2, -0.15) is 0 Å². The van der Waals surface area contributed by atoms with E-state index in [0.29, 0.717) is 0 Å². The summed E-state index contributed by atoms with van der Waals surface area (Å²) in [5, 5.41) is 0.912. The Kier molecular flexibility index (Phi) is 2.44. The zero-order chi connectivity index (χ0) is 14.3. The third-order valence-electron chi connectivity index (χ3n) is 3.73. The van der Waals surface area contributed by atoms with Crippen molar-refractivity contribution < 1.29 is 7.48 Å². The molecule has 1 aromatic carbocycles. The molecule has 0 unspecified atom stereocenters. The zero-order valence-electron chi connectivity index (χ0n) is 12.9. The predicted octanol–water partition coefficient (Wildman–Crippen LogP) is 2.81. The van der Waals surface area contributed by atoms with Gasteiger partial charge < -0.3 is 14.6 Å². The first-order chi connectivity index (χ1) is 9.54. The Morgan fingerprint density at radius 1 is 1.56 bits per heavy atom. The average molecular weight is 246 g/mol. The number of benzene rings is 1. The van der Waals surface area contributed by atoms with Gasteiger partial charge in [-0.1, -0.05) is 0 Å². The van der Waals surface area contributed by atoms with Crippen molar-refractivity contribution in [3.8, 4) is 5.75 Å². The van der Waals surface area contributed by atoms with Gasteiger partial charge in [0.05, 0.1) is 7.11 Å². The Bertz CT molecular complexity index is 623. The SMILES string of the molecule is [2H]C([2H])(c1c[nH]c2ccc(OC)cc12)[C@@H]1CCCN1C. The molecule has 96 valence electrons. The summed E-state index contributed by atoms with van der Waals surface area (Å²) in [7, 11) is 3.64.